The van der Waals surface area contributed by atoms with Crippen LogP contribution in [0.2, 0.25) is 0 Å². The summed E-state index contributed by atoms with van der Waals surface area (Å²) < 4.78 is 2.05. The van der Waals surface area contributed by atoms with Crippen LogP contribution in [0, 0.1) is 13.8 Å². The van der Waals surface area contributed by atoms with Crippen molar-refractivity contribution in [2.45, 2.75) is 13.5 Å². The molecule has 0 atom stereocenters. The molecule has 0 aliphatic heterocycles. The average molecular weight is 184 g/mol. The van der Waals surface area contributed by atoms with E-state index in [2.05, 4.69) is 17.1 Å². The third-order valence-corrected chi connectivity index (χ3v) is 2.33. The zero-order valence-electron chi connectivity index (χ0n) is 8.14. The van der Waals surface area contributed by atoms with Crippen molar-refractivity contribution in [3.05, 3.63) is 60.5 Å². The number of imidazole rings is 1. The van der Waals surface area contributed by atoms with Gasteiger partial charge < -0.3 is 4.57 Å². The highest BCUT2D eigenvalue weighted by molar-refractivity contribution is 5.19. The number of hydrogen-bond acceptors (Lipinski definition) is 1. The van der Waals surface area contributed by atoms with Crippen LogP contribution >= 0.6 is 0 Å². The van der Waals surface area contributed by atoms with Crippen molar-refractivity contribution in [2.75, 3.05) is 0 Å². The lowest BCUT2D eigenvalue weighted by Crippen LogP contribution is -2.00. The molecule has 2 heteroatoms. The van der Waals surface area contributed by atoms with Crippen molar-refractivity contribution in [3.63, 3.8) is 0 Å². The quantitative estimate of drug-likeness (QED) is 0.700. The van der Waals surface area contributed by atoms with Gasteiger partial charge >= 0.3 is 0 Å². The van der Waals surface area contributed by atoms with Gasteiger partial charge in [0.25, 0.3) is 0 Å². The standard InChI is InChI=1S/C12H12N2/c1-10-11(2)14(9-13-10)8-12-6-4-3-5-7-12/h1,3-7,9H,8H2,2H3. The van der Waals surface area contributed by atoms with Gasteiger partial charge in [-0.1, -0.05) is 30.3 Å². The maximum atomic E-state index is 5.66. The molecule has 70 valence electrons. The molecule has 1 heterocycles. The minimum absolute atomic E-state index is 0.612. The Bertz CT molecular complexity index is 415. The van der Waals surface area contributed by atoms with Crippen molar-refractivity contribution in [2.24, 2.45) is 0 Å². The molecule has 1 aromatic heterocycles. The summed E-state index contributed by atoms with van der Waals surface area (Å²) in [5.74, 6) is 0. The van der Waals surface area contributed by atoms with E-state index < -0.39 is 0 Å². The van der Waals surface area contributed by atoms with Crippen molar-refractivity contribution in [3.8, 4) is 0 Å². The largest absolute Gasteiger partial charge is 0.330 e. The summed E-state index contributed by atoms with van der Waals surface area (Å²) >= 11 is 0. The third kappa shape index (κ3) is 1.69. The maximum Gasteiger partial charge on any atom is 0.0954 e. The van der Waals surface area contributed by atoms with Gasteiger partial charge in [0.05, 0.1) is 12.0 Å². The van der Waals surface area contributed by atoms with Crippen LogP contribution in [-0.2, 0) is 6.54 Å². The second-order valence-corrected chi connectivity index (χ2v) is 3.33. The smallest absolute Gasteiger partial charge is 0.0954 e. The highest BCUT2D eigenvalue weighted by Gasteiger charge is 2.01. The van der Waals surface area contributed by atoms with Crippen LogP contribution < -0.4 is 0 Å². The lowest BCUT2D eigenvalue weighted by molar-refractivity contribution is 0.769. The van der Waals surface area contributed by atoms with Crippen molar-refractivity contribution in [1.82, 2.24) is 9.55 Å². The predicted molar refractivity (Wildman–Crippen MR) is 55.9 cm³/mol. The fourth-order valence-electron chi connectivity index (χ4n) is 1.40. The van der Waals surface area contributed by atoms with Gasteiger partial charge in [-0.25, -0.2) is 4.98 Å². The molecule has 0 aliphatic carbocycles. The molecule has 1 aromatic carbocycles. The molecule has 0 N–H and O–H groups in total. The normalized spacial score (nSPS) is 10.4. The number of hydrogen-bond donors (Lipinski definition) is 0. The van der Waals surface area contributed by atoms with E-state index in [1.165, 1.54) is 5.56 Å². The monoisotopic (exact) mass is 184 g/mol. The van der Waals surface area contributed by atoms with Crippen molar-refractivity contribution >= 4 is 0 Å². The van der Waals surface area contributed by atoms with Gasteiger partial charge in [-0.3, -0.25) is 0 Å². The molecule has 2 nitrogen and oxygen atoms in total. The van der Waals surface area contributed by atoms with Gasteiger partial charge in [-0.05, 0) is 12.5 Å². The van der Waals surface area contributed by atoms with Crippen LogP contribution in [-0.4, -0.2) is 9.55 Å². The van der Waals surface area contributed by atoms with Crippen LogP contribution in [0.4, 0.5) is 0 Å². The van der Waals surface area contributed by atoms with Gasteiger partial charge in [0.15, 0.2) is 0 Å². The summed E-state index contributed by atoms with van der Waals surface area (Å²) in [6.45, 7) is 8.47. The van der Waals surface area contributed by atoms with Crippen LogP contribution in [0.15, 0.2) is 36.7 Å². The molecule has 2 aromatic rings. The molecular formula is C12H12N2. The third-order valence-electron chi connectivity index (χ3n) is 2.33. The molecule has 2 radical (unpaired) electrons. The zero-order chi connectivity index (χ0) is 9.97. The van der Waals surface area contributed by atoms with Gasteiger partial charge in [-0.2, -0.15) is 0 Å². The fraction of sp³-hybridized carbons (Fsp3) is 0.167. The molecule has 0 unspecified atom stereocenters. The minimum Gasteiger partial charge on any atom is -0.330 e. The SMILES string of the molecule is [CH]c1ncn(Cc2ccccc2)c1C. The molecule has 2 rings (SSSR count). The summed E-state index contributed by atoms with van der Waals surface area (Å²) in [7, 11) is 0. The molecule has 0 fully saturated rings. The lowest BCUT2D eigenvalue weighted by atomic mass is 10.2. The van der Waals surface area contributed by atoms with Crippen LogP contribution in [0.1, 0.15) is 17.0 Å². The first-order chi connectivity index (χ1) is 6.77. The van der Waals surface area contributed by atoms with E-state index in [0.717, 1.165) is 12.2 Å². The van der Waals surface area contributed by atoms with Crippen LogP contribution in [0.25, 0.3) is 0 Å². The van der Waals surface area contributed by atoms with Crippen molar-refractivity contribution < 1.29 is 0 Å². The highest BCUT2D eigenvalue weighted by Crippen LogP contribution is 2.08. The number of rotatable bonds is 2. The Hall–Kier alpha value is -1.57. The molecular weight excluding hydrogens is 172 g/mol. The average Bonchev–Trinajstić information content (AvgIpc) is 2.52. The van der Waals surface area contributed by atoms with E-state index in [-0.39, 0.29) is 0 Å². The van der Waals surface area contributed by atoms with E-state index in [1.54, 1.807) is 6.33 Å². The van der Waals surface area contributed by atoms with Gasteiger partial charge in [0.1, 0.15) is 0 Å². The Balaban J connectivity index is 2.23. The number of aromatic nitrogens is 2. The molecule has 14 heavy (non-hydrogen) atoms. The fourth-order valence-corrected chi connectivity index (χ4v) is 1.40. The molecule has 0 aliphatic rings. The Kier molecular flexibility index (Phi) is 2.35. The zero-order valence-corrected chi connectivity index (χ0v) is 8.14. The molecule has 0 saturated carbocycles. The first kappa shape index (κ1) is 9.00. The Labute approximate surface area is 84.2 Å². The van der Waals surface area contributed by atoms with E-state index in [4.69, 9.17) is 6.92 Å². The molecule has 0 amide bonds. The van der Waals surface area contributed by atoms with Crippen molar-refractivity contribution in [1.29, 1.82) is 0 Å². The summed E-state index contributed by atoms with van der Waals surface area (Å²) in [6.07, 6.45) is 1.78. The Morgan fingerprint density at radius 3 is 2.57 bits per heavy atom. The van der Waals surface area contributed by atoms with Crippen LogP contribution in [0.3, 0.4) is 0 Å². The Morgan fingerprint density at radius 1 is 1.29 bits per heavy atom. The Morgan fingerprint density at radius 2 is 2.00 bits per heavy atom. The highest BCUT2D eigenvalue weighted by atomic mass is 15.0. The van der Waals surface area contributed by atoms with E-state index in [1.807, 2.05) is 29.7 Å². The number of benzene rings is 1. The first-order valence-electron chi connectivity index (χ1n) is 4.58. The predicted octanol–water partition coefficient (Wildman–Crippen LogP) is 2.30. The van der Waals surface area contributed by atoms with Gasteiger partial charge in [-0.15, -0.1) is 0 Å². The number of nitrogens with zero attached hydrogens (tertiary/aromatic N) is 2. The minimum atomic E-state index is 0.612. The maximum absolute atomic E-state index is 5.66. The molecule has 0 spiro atoms. The molecule has 0 saturated heterocycles. The van der Waals surface area contributed by atoms with Gasteiger partial charge in [0.2, 0.25) is 0 Å². The second kappa shape index (κ2) is 3.66. The van der Waals surface area contributed by atoms with Gasteiger partial charge in [0, 0.05) is 19.2 Å². The summed E-state index contributed by atoms with van der Waals surface area (Å²) in [6, 6.07) is 10.3. The van der Waals surface area contributed by atoms with Crippen LogP contribution in [0.5, 0.6) is 0 Å². The molecule has 0 bridgehead atoms. The summed E-state index contributed by atoms with van der Waals surface area (Å²) in [4.78, 5) is 4.05. The summed E-state index contributed by atoms with van der Waals surface area (Å²) in [5.41, 5.74) is 2.89. The lowest BCUT2D eigenvalue weighted by Gasteiger charge is -2.04. The van der Waals surface area contributed by atoms with E-state index >= 15 is 0 Å². The summed E-state index contributed by atoms with van der Waals surface area (Å²) in [5, 5.41) is 0. The topological polar surface area (TPSA) is 17.8 Å². The first-order valence-corrected chi connectivity index (χ1v) is 4.58. The second-order valence-electron chi connectivity index (χ2n) is 3.33. The van der Waals surface area contributed by atoms with E-state index in [9.17, 15) is 0 Å². The van der Waals surface area contributed by atoms with E-state index in [0.29, 0.717) is 5.69 Å².